The van der Waals surface area contributed by atoms with Gasteiger partial charge in [-0.25, -0.2) is 0 Å². The van der Waals surface area contributed by atoms with E-state index in [9.17, 15) is 0 Å². The molecule has 0 bridgehead atoms. The van der Waals surface area contributed by atoms with Crippen LogP contribution >= 0.6 is 0 Å². The van der Waals surface area contributed by atoms with Crippen molar-refractivity contribution in [3.63, 3.8) is 0 Å². The summed E-state index contributed by atoms with van der Waals surface area (Å²) < 4.78 is 0. The zero-order valence-corrected chi connectivity index (χ0v) is 17.4. The molecule has 0 atom stereocenters. The van der Waals surface area contributed by atoms with Crippen LogP contribution in [0, 0.1) is 30.1 Å². The Morgan fingerprint density at radius 1 is 0.593 bits per heavy atom. The van der Waals surface area contributed by atoms with E-state index >= 15 is 0 Å². The summed E-state index contributed by atoms with van der Waals surface area (Å²) in [6, 6.07) is 17.7. The average Bonchev–Trinajstić information content (AvgIpc) is 3.21. The molecule has 0 nitrogen and oxygen atoms in total. The Hall–Kier alpha value is -2.08. The topological polar surface area (TPSA) is 0 Å². The second-order valence-corrected chi connectivity index (χ2v) is 9.05. The number of rotatable bonds is 4. The molecular formula is C27H30. The molecule has 0 spiro atoms. The minimum absolute atomic E-state index is 0.0305. The van der Waals surface area contributed by atoms with Gasteiger partial charge in [0.15, 0.2) is 0 Å². The van der Waals surface area contributed by atoms with Crippen LogP contribution < -0.4 is 0 Å². The van der Waals surface area contributed by atoms with Crippen molar-refractivity contribution < 1.29 is 0 Å². The highest BCUT2D eigenvalue weighted by molar-refractivity contribution is 5.87. The lowest BCUT2D eigenvalue weighted by molar-refractivity contribution is 0.551. The van der Waals surface area contributed by atoms with E-state index in [0.717, 1.165) is 0 Å². The fourth-order valence-electron chi connectivity index (χ4n) is 4.92. The Labute approximate surface area is 165 Å². The predicted octanol–water partition coefficient (Wildman–Crippen LogP) is 7.36. The van der Waals surface area contributed by atoms with E-state index in [4.69, 9.17) is 0 Å². The van der Waals surface area contributed by atoms with Gasteiger partial charge < -0.3 is 0 Å². The highest BCUT2D eigenvalue weighted by atomic mass is 14.4. The molecule has 0 heteroatoms. The maximum Gasteiger partial charge on any atom is 0.0176 e. The van der Waals surface area contributed by atoms with Crippen molar-refractivity contribution in [2.75, 3.05) is 0 Å². The first-order valence-corrected chi connectivity index (χ1v) is 10.2. The second kappa shape index (κ2) is 6.51. The van der Waals surface area contributed by atoms with E-state index in [0.29, 0.717) is 11.8 Å². The zero-order chi connectivity index (χ0) is 19.3. The molecule has 0 fully saturated rings. The van der Waals surface area contributed by atoms with Crippen molar-refractivity contribution in [2.45, 2.75) is 41.5 Å². The molecule has 0 N–H and O–H groups in total. The first-order valence-electron chi connectivity index (χ1n) is 10.2. The van der Waals surface area contributed by atoms with Gasteiger partial charge >= 0.3 is 0 Å². The van der Waals surface area contributed by atoms with Crippen molar-refractivity contribution in [3.05, 3.63) is 94.8 Å². The minimum Gasteiger partial charge on any atom is -0.0619 e. The van der Waals surface area contributed by atoms with Gasteiger partial charge in [0, 0.05) is 18.3 Å². The van der Waals surface area contributed by atoms with Crippen molar-refractivity contribution in [1.82, 2.24) is 0 Å². The van der Waals surface area contributed by atoms with Crippen molar-refractivity contribution in [2.24, 2.45) is 17.3 Å². The van der Waals surface area contributed by atoms with Gasteiger partial charge in [-0.3, -0.25) is 0 Å². The number of fused-ring (bicyclic) bond motifs is 2. The molecule has 0 unspecified atom stereocenters. The molecule has 0 amide bonds. The molecule has 4 rings (SSSR count). The quantitative estimate of drug-likeness (QED) is 0.538. The highest BCUT2D eigenvalue weighted by Crippen LogP contribution is 2.54. The Bertz CT molecular complexity index is 870. The summed E-state index contributed by atoms with van der Waals surface area (Å²) in [6.45, 7) is 14.1. The number of hydrogen-bond acceptors (Lipinski definition) is 0. The molecule has 2 aromatic carbocycles. The van der Waals surface area contributed by atoms with Crippen molar-refractivity contribution >= 4 is 11.1 Å². The smallest absolute Gasteiger partial charge is 0.0176 e. The minimum atomic E-state index is -0.0305. The van der Waals surface area contributed by atoms with Gasteiger partial charge in [-0.15, -0.1) is 0 Å². The Balaban J connectivity index is 1.89. The summed E-state index contributed by atoms with van der Waals surface area (Å²) in [6.07, 6.45) is 4.87. The van der Waals surface area contributed by atoms with Crippen LogP contribution in [0.5, 0.6) is 0 Å². The Morgan fingerprint density at radius 2 is 0.963 bits per heavy atom. The van der Waals surface area contributed by atoms with Crippen LogP contribution in [0.1, 0.15) is 63.8 Å². The molecule has 0 aromatic heterocycles. The Kier molecular flexibility index (Phi) is 4.41. The first kappa shape index (κ1) is 18.3. The van der Waals surface area contributed by atoms with Crippen LogP contribution in [0.2, 0.25) is 0 Å². The van der Waals surface area contributed by atoms with Crippen LogP contribution in [0.15, 0.2) is 59.7 Å². The van der Waals surface area contributed by atoms with Gasteiger partial charge in [0.1, 0.15) is 0 Å². The molecule has 2 aliphatic rings. The van der Waals surface area contributed by atoms with E-state index < -0.39 is 0 Å². The monoisotopic (exact) mass is 354 g/mol. The van der Waals surface area contributed by atoms with Gasteiger partial charge in [0.25, 0.3) is 0 Å². The largest absolute Gasteiger partial charge is 0.0619 e. The number of allylic oxidation sites excluding steroid dienone is 4. The first-order chi connectivity index (χ1) is 12.8. The third-order valence-corrected chi connectivity index (χ3v) is 6.18. The van der Waals surface area contributed by atoms with Crippen LogP contribution in [0.3, 0.4) is 0 Å². The molecular weight excluding hydrogens is 324 g/mol. The number of hydrogen-bond donors (Lipinski definition) is 0. The summed E-state index contributed by atoms with van der Waals surface area (Å²) in [4.78, 5) is 0. The molecule has 0 aliphatic heterocycles. The fraction of sp³-hybridized carbons (Fsp3) is 0.333. The summed E-state index contributed by atoms with van der Waals surface area (Å²) in [5, 5.41) is 0. The van der Waals surface area contributed by atoms with Crippen LogP contribution in [0.25, 0.3) is 11.1 Å². The Morgan fingerprint density at radius 3 is 1.33 bits per heavy atom. The number of benzene rings is 2. The lowest BCUT2D eigenvalue weighted by Gasteiger charge is -2.33. The lowest BCUT2D eigenvalue weighted by Crippen LogP contribution is -2.20. The van der Waals surface area contributed by atoms with Crippen LogP contribution in [-0.2, 0) is 0 Å². The van der Waals surface area contributed by atoms with Gasteiger partial charge in [0.2, 0.25) is 0 Å². The van der Waals surface area contributed by atoms with Crippen LogP contribution in [0.4, 0.5) is 0 Å². The third-order valence-electron chi connectivity index (χ3n) is 6.18. The lowest BCUT2D eigenvalue weighted by atomic mass is 9.71. The van der Waals surface area contributed by atoms with Gasteiger partial charge in [-0.2, -0.15) is 0 Å². The van der Waals surface area contributed by atoms with E-state index in [1.54, 1.807) is 0 Å². The van der Waals surface area contributed by atoms with Gasteiger partial charge in [-0.05, 0) is 56.4 Å². The summed E-state index contributed by atoms with van der Waals surface area (Å²) in [5.74, 6) is 1.01. The van der Waals surface area contributed by atoms with Crippen LogP contribution in [-0.4, -0.2) is 0 Å². The van der Waals surface area contributed by atoms with E-state index in [1.807, 2.05) is 0 Å². The normalized spacial score (nSPS) is 16.6. The SMILES string of the molecule is CC(C)C1=C(C(C)(C)C2=C(C(C)C)c3ccccc3[CH]2)[CH]c2ccccc21. The van der Waals surface area contributed by atoms with Crippen molar-refractivity contribution in [1.29, 1.82) is 0 Å². The van der Waals surface area contributed by atoms with E-state index in [1.165, 1.54) is 44.5 Å². The van der Waals surface area contributed by atoms with Gasteiger partial charge in [0.05, 0.1) is 0 Å². The molecule has 138 valence electrons. The third kappa shape index (κ3) is 2.81. The average molecular weight is 355 g/mol. The molecule has 0 heterocycles. The molecule has 2 radical (unpaired) electrons. The molecule has 27 heavy (non-hydrogen) atoms. The molecule has 0 saturated heterocycles. The van der Waals surface area contributed by atoms with E-state index in [2.05, 4.69) is 103 Å². The summed E-state index contributed by atoms with van der Waals surface area (Å²) in [7, 11) is 0. The van der Waals surface area contributed by atoms with Gasteiger partial charge in [-0.1, -0.05) is 90.1 Å². The molecule has 2 aromatic rings. The summed E-state index contributed by atoms with van der Waals surface area (Å²) in [5.41, 5.74) is 11.5. The molecule has 0 saturated carbocycles. The molecule has 2 aliphatic carbocycles. The zero-order valence-electron chi connectivity index (χ0n) is 17.4. The highest BCUT2D eigenvalue weighted by Gasteiger charge is 2.40. The maximum absolute atomic E-state index is 2.44. The summed E-state index contributed by atoms with van der Waals surface area (Å²) >= 11 is 0. The van der Waals surface area contributed by atoms with Crippen molar-refractivity contribution in [3.8, 4) is 0 Å². The fourth-order valence-corrected chi connectivity index (χ4v) is 4.92. The standard InChI is InChI=1S/C27H30/c1-17(2)25-21-13-9-7-11-19(21)15-23(25)27(5,6)24-16-20-12-8-10-14-22(20)26(24)18(3)4/h7-18H,1-6H3. The predicted molar refractivity (Wildman–Crippen MR) is 117 cm³/mol. The second-order valence-electron chi connectivity index (χ2n) is 9.05. The maximum atomic E-state index is 2.44. The van der Waals surface area contributed by atoms with E-state index in [-0.39, 0.29) is 5.41 Å².